The van der Waals surface area contributed by atoms with Crippen LogP contribution in [0.4, 0.5) is 0 Å². The number of allylic oxidation sites excluding steroid dienone is 3. The van der Waals surface area contributed by atoms with E-state index in [-0.39, 0.29) is 11.6 Å². The fourth-order valence-electron chi connectivity index (χ4n) is 1.73. The third-order valence-electron chi connectivity index (χ3n) is 2.92. The van der Waals surface area contributed by atoms with Crippen LogP contribution < -0.4 is 0 Å². The van der Waals surface area contributed by atoms with Crippen molar-refractivity contribution in [3.63, 3.8) is 0 Å². The Hall–Kier alpha value is -1.38. The fraction of sp³-hybridized carbons (Fsp3) is 0.455. The zero-order valence-corrected chi connectivity index (χ0v) is 8.68. The summed E-state index contributed by atoms with van der Waals surface area (Å²) in [6, 6.07) is 0. The maximum Gasteiger partial charge on any atom is 0.205 e. The molecule has 1 heterocycles. The highest BCUT2D eigenvalue weighted by Crippen LogP contribution is 2.29. The second-order valence-corrected chi connectivity index (χ2v) is 3.87. The number of carbonyl (C=O) groups is 2. The van der Waals surface area contributed by atoms with E-state index in [1.807, 2.05) is 4.90 Å². The van der Waals surface area contributed by atoms with Gasteiger partial charge in [-0.3, -0.25) is 9.59 Å². The van der Waals surface area contributed by atoms with Gasteiger partial charge < -0.3 is 4.90 Å². The molecule has 14 heavy (non-hydrogen) atoms. The first kappa shape index (κ1) is 9.19. The standard InChI is InChI=1S/C11H13NO2/c1-6-7(2)11(14)9(12-4-5-12)8(3)10(6)13/h4-5H2,1-3H3. The van der Waals surface area contributed by atoms with Crippen molar-refractivity contribution < 1.29 is 9.59 Å². The van der Waals surface area contributed by atoms with Crippen molar-refractivity contribution in [3.8, 4) is 0 Å². The number of nitrogens with zero attached hydrogens (tertiary/aromatic N) is 1. The Labute approximate surface area is 83.1 Å². The van der Waals surface area contributed by atoms with Gasteiger partial charge in [0, 0.05) is 29.8 Å². The molecule has 0 aromatic heterocycles. The number of hydrogen-bond acceptors (Lipinski definition) is 3. The van der Waals surface area contributed by atoms with Crippen molar-refractivity contribution >= 4 is 11.6 Å². The molecule has 3 nitrogen and oxygen atoms in total. The van der Waals surface area contributed by atoms with E-state index in [0.29, 0.717) is 22.4 Å². The van der Waals surface area contributed by atoms with Crippen LogP contribution in [-0.2, 0) is 9.59 Å². The quantitative estimate of drug-likeness (QED) is 0.459. The summed E-state index contributed by atoms with van der Waals surface area (Å²) in [5.41, 5.74) is 2.43. The second kappa shape index (κ2) is 2.80. The Kier molecular flexibility index (Phi) is 1.84. The minimum absolute atomic E-state index is 0.0176. The van der Waals surface area contributed by atoms with Crippen LogP contribution in [0.1, 0.15) is 20.8 Å². The van der Waals surface area contributed by atoms with Crippen molar-refractivity contribution in [2.45, 2.75) is 20.8 Å². The lowest BCUT2D eigenvalue weighted by atomic mass is 9.89. The Morgan fingerprint density at radius 1 is 0.857 bits per heavy atom. The van der Waals surface area contributed by atoms with Crippen LogP contribution in [0.25, 0.3) is 0 Å². The topological polar surface area (TPSA) is 37.1 Å². The number of Topliss-reactive ketones (excluding diaryl/α,β-unsaturated/α-hetero) is 2. The smallest absolute Gasteiger partial charge is 0.205 e. The lowest BCUT2D eigenvalue weighted by Gasteiger charge is -2.19. The van der Waals surface area contributed by atoms with E-state index in [1.165, 1.54) is 0 Å². The van der Waals surface area contributed by atoms with E-state index >= 15 is 0 Å². The number of carbonyl (C=O) groups excluding carboxylic acids is 2. The van der Waals surface area contributed by atoms with Gasteiger partial charge in [0.1, 0.15) is 0 Å². The summed E-state index contributed by atoms with van der Waals surface area (Å²) in [7, 11) is 0. The summed E-state index contributed by atoms with van der Waals surface area (Å²) < 4.78 is 0. The monoisotopic (exact) mass is 191 g/mol. The van der Waals surface area contributed by atoms with Crippen molar-refractivity contribution in [1.82, 2.24) is 4.90 Å². The molecule has 2 rings (SSSR count). The molecular formula is C11H13NO2. The van der Waals surface area contributed by atoms with Gasteiger partial charge in [-0.05, 0) is 20.8 Å². The second-order valence-electron chi connectivity index (χ2n) is 3.87. The van der Waals surface area contributed by atoms with E-state index in [2.05, 4.69) is 0 Å². The minimum atomic E-state index is 0.0176. The first-order valence-corrected chi connectivity index (χ1v) is 4.76. The van der Waals surface area contributed by atoms with Crippen LogP contribution in [0.15, 0.2) is 22.4 Å². The van der Waals surface area contributed by atoms with Gasteiger partial charge in [0.25, 0.3) is 0 Å². The third-order valence-corrected chi connectivity index (χ3v) is 2.92. The zero-order chi connectivity index (χ0) is 10.5. The molecule has 74 valence electrons. The SMILES string of the molecule is CC1=C(C)C(=O)C(N2CC2)=C(C)C1=O. The lowest BCUT2D eigenvalue weighted by molar-refractivity contribution is -0.117. The summed E-state index contributed by atoms with van der Waals surface area (Å²) in [5, 5.41) is 0. The van der Waals surface area contributed by atoms with Gasteiger partial charge >= 0.3 is 0 Å². The average molecular weight is 191 g/mol. The first-order valence-electron chi connectivity index (χ1n) is 4.76. The molecule has 0 unspecified atom stereocenters. The third kappa shape index (κ3) is 1.12. The zero-order valence-electron chi connectivity index (χ0n) is 8.68. The van der Waals surface area contributed by atoms with E-state index in [1.54, 1.807) is 20.8 Å². The van der Waals surface area contributed by atoms with Crippen LogP contribution in [-0.4, -0.2) is 29.6 Å². The highest BCUT2D eigenvalue weighted by atomic mass is 16.1. The van der Waals surface area contributed by atoms with Gasteiger partial charge in [-0.15, -0.1) is 0 Å². The highest BCUT2D eigenvalue weighted by Gasteiger charge is 2.35. The molecule has 0 bridgehead atoms. The van der Waals surface area contributed by atoms with Crippen LogP contribution in [0, 0.1) is 0 Å². The summed E-state index contributed by atoms with van der Waals surface area (Å²) in [6.07, 6.45) is 0. The average Bonchev–Trinajstić information content (AvgIpc) is 2.96. The predicted octanol–water partition coefficient (Wildman–Crippen LogP) is 1.06. The molecule has 0 amide bonds. The van der Waals surface area contributed by atoms with Gasteiger partial charge in [-0.25, -0.2) is 0 Å². The van der Waals surface area contributed by atoms with E-state index in [4.69, 9.17) is 0 Å². The summed E-state index contributed by atoms with van der Waals surface area (Å²) in [5.74, 6) is 0.0427. The van der Waals surface area contributed by atoms with Crippen molar-refractivity contribution in [2.75, 3.05) is 13.1 Å². The molecule has 1 aliphatic heterocycles. The van der Waals surface area contributed by atoms with Crippen molar-refractivity contribution in [1.29, 1.82) is 0 Å². The number of rotatable bonds is 1. The van der Waals surface area contributed by atoms with Gasteiger partial charge in [0.2, 0.25) is 5.78 Å². The Morgan fingerprint density at radius 2 is 1.36 bits per heavy atom. The lowest BCUT2D eigenvalue weighted by Crippen LogP contribution is -2.24. The molecule has 2 aliphatic rings. The molecule has 1 aliphatic carbocycles. The van der Waals surface area contributed by atoms with E-state index in [9.17, 15) is 9.59 Å². The largest absolute Gasteiger partial charge is 0.364 e. The normalized spacial score (nSPS) is 22.4. The summed E-state index contributed by atoms with van der Waals surface area (Å²) in [6.45, 7) is 6.99. The Morgan fingerprint density at radius 3 is 1.86 bits per heavy atom. The molecular weight excluding hydrogens is 178 g/mol. The van der Waals surface area contributed by atoms with Gasteiger partial charge in [-0.2, -0.15) is 0 Å². The van der Waals surface area contributed by atoms with Gasteiger partial charge in [0.15, 0.2) is 5.78 Å². The van der Waals surface area contributed by atoms with Crippen LogP contribution >= 0.6 is 0 Å². The fourth-order valence-corrected chi connectivity index (χ4v) is 1.73. The molecule has 0 atom stereocenters. The number of hydrogen-bond donors (Lipinski definition) is 0. The molecule has 1 fully saturated rings. The summed E-state index contributed by atoms with van der Waals surface area (Å²) in [4.78, 5) is 25.5. The molecule has 0 aromatic rings. The van der Waals surface area contributed by atoms with Crippen molar-refractivity contribution in [2.24, 2.45) is 0 Å². The molecule has 3 heteroatoms. The number of ketones is 2. The molecule has 0 saturated carbocycles. The molecule has 0 spiro atoms. The van der Waals surface area contributed by atoms with Crippen LogP contribution in [0.5, 0.6) is 0 Å². The maximum atomic E-state index is 11.9. The van der Waals surface area contributed by atoms with E-state index in [0.717, 1.165) is 13.1 Å². The first-order chi connectivity index (χ1) is 6.54. The predicted molar refractivity (Wildman–Crippen MR) is 52.7 cm³/mol. The summed E-state index contributed by atoms with van der Waals surface area (Å²) >= 11 is 0. The molecule has 1 saturated heterocycles. The molecule has 0 N–H and O–H groups in total. The van der Waals surface area contributed by atoms with Gasteiger partial charge in [-0.1, -0.05) is 0 Å². The minimum Gasteiger partial charge on any atom is -0.364 e. The molecule has 0 aromatic carbocycles. The Balaban J connectivity index is 2.50. The van der Waals surface area contributed by atoms with Crippen LogP contribution in [0.2, 0.25) is 0 Å². The maximum absolute atomic E-state index is 11.9. The molecule has 0 radical (unpaired) electrons. The van der Waals surface area contributed by atoms with Gasteiger partial charge in [0.05, 0.1) is 5.70 Å². The highest BCUT2D eigenvalue weighted by molar-refractivity contribution is 6.24. The van der Waals surface area contributed by atoms with E-state index < -0.39 is 0 Å². The Bertz CT molecular complexity index is 398. The van der Waals surface area contributed by atoms with Crippen molar-refractivity contribution in [3.05, 3.63) is 22.4 Å². The van der Waals surface area contributed by atoms with Crippen LogP contribution in [0.3, 0.4) is 0 Å².